The van der Waals surface area contributed by atoms with E-state index >= 15 is 0 Å². The van der Waals surface area contributed by atoms with E-state index in [1.807, 2.05) is 18.2 Å². The van der Waals surface area contributed by atoms with Gasteiger partial charge in [-0.05, 0) is 42.8 Å². The third-order valence-corrected chi connectivity index (χ3v) is 4.83. The Morgan fingerprint density at radius 2 is 1.91 bits per heavy atom. The van der Waals surface area contributed by atoms with Crippen molar-refractivity contribution in [2.24, 2.45) is 5.73 Å². The van der Waals surface area contributed by atoms with Crippen molar-refractivity contribution in [2.45, 2.75) is 25.8 Å². The lowest BCUT2D eigenvalue weighted by molar-refractivity contribution is -0.0560. The van der Waals surface area contributed by atoms with E-state index in [4.69, 9.17) is 5.73 Å². The number of urea groups is 1. The molecule has 2 atom stereocenters. The largest absolute Gasteiger partial charge is 0.350 e. The molecule has 0 radical (unpaired) electrons. The van der Waals surface area contributed by atoms with Gasteiger partial charge in [-0.15, -0.1) is 11.3 Å². The first kappa shape index (κ1) is 17.2. The van der Waals surface area contributed by atoms with Gasteiger partial charge in [0.05, 0.1) is 6.04 Å². The highest BCUT2D eigenvalue weighted by molar-refractivity contribution is 7.13. The lowest BCUT2D eigenvalue weighted by Crippen LogP contribution is -2.38. The van der Waals surface area contributed by atoms with Crippen LogP contribution in [0, 0.1) is 5.82 Å². The molecule has 1 aromatic carbocycles. The number of nitrogens with zero attached hydrogens (tertiary/aromatic N) is 1. The van der Waals surface area contributed by atoms with E-state index in [0.717, 1.165) is 15.3 Å². The van der Waals surface area contributed by atoms with Crippen LogP contribution in [0.2, 0.25) is 0 Å². The first-order valence-corrected chi connectivity index (χ1v) is 8.01. The molecule has 0 spiro atoms. The van der Waals surface area contributed by atoms with Crippen LogP contribution in [0.25, 0.3) is 6.08 Å². The predicted molar refractivity (Wildman–Crippen MR) is 89.9 cm³/mol. The quantitative estimate of drug-likeness (QED) is 0.635. The van der Waals surface area contributed by atoms with E-state index in [2.05, 4.69) is 6.92 Å². The van der Waals surface area contributed by atoms with Gasteiger partial charge < -0.3 is 5.73 Å². The van der Waals surface area contributed by atoms with Crippen LogP contribution >= 0.6 is 11.3 Å². The summed E-state index contributed by atoms with van der Waals surface area (Å²) in [7, 11) is 0. The number of amides is 2. The van der Waals surface area contributed by atoms with Crippen molar-refractivity contribution in [2.75, 3.05) is 0 Å². The van der Waals surface area contributed by atoms with Crippen LogP contribution in [0.4, 0.5) is 9.18 Å². The highest BCUT2D eigenvalue weighted by Crippen LogP contribution is 2.30. The second-order valence-electron chi connectivity index (χ2n) is 5.30. The van der Waals surface area contributed by atoms with Crippen LogP contribution in [-0.4, -0.2) is 22.3 Å². The molecule has 3 N–H and O–H groups in total. The van der Waals surface area contributed by atoms with Gasteiger partial charge in [0.15, 0.2) is 0 Å². The van der Waals surface area contributed by atoms with Crippen LogP contribution in [0.3, 0.4) is 0 Å². The molecule has 0 bridgehead atoms. The number of hydrogen-bond acceptors (Lipinski definition) is 3. The number of carbonyl (C=O) groups is 1. The molecular weight excluding hydrogens is 315 g/mol. The molecule has 1 aromatic heterocycles. The standard InChI is InChI=1S/C17H19FN2O2S/c1-11(20(22)17(19)21)3-8-15-9-10-16(23-15)12(2)13-4-6-14(18)7-5-13/h3-12,22H,1-2H3,(H2,19,21)/b8-3-. The monoisotopic (exact) mass is 334 g/mol. The second kappa shape index (κ2) is 7.39. The Morgan fingerprint density at radius 3 is 2.52 bits per heavy atom. The predicted octanol–water partition coefficient (Wildman–Crippen LogP) is 4.21. The summed E-state index contributed by atoms with van der Waals surface area (Å²) >= 11 is 1.61. The lowest BCUT2D eigenvalue weighted by atomic mass is 10.00. The number of hydrogen-bond donors (Lipinski definition) is 2. The van der Waals surface area contributed by atoms with Crippen molar-refractivity contribution in [3.63, 3.8) is 0 Å². The third-order valence-electron chi connectivity index (χ3n) is 3.59. The fraction of sp³-hybridized carbons (Fsp3) is 0.235. The Morgan fingerprint density at radius 1 is 1.26 bits per heavy atom. The number of primary amides is 1. The number of benzene rings is 1. The summed E-state index contributed by atoms with van der Waals surface area (Å²) in [5, 5.41) is 9.90. The van der Waals surface area contributed by atoms with E-state index in [0.29, 0.717) is 5.06 Å². The van der Waals surface area contributed by atoms with Crippen molar-refractivity contribution in [1.82, 2.24) is 5.06 Å². The van der Waals surface area contributed by atoms with Crippen LogP contribution in [-0.2, 0) is 0 Å². The zero-order valence-electron chi connectivity index (χ0n) is 12.9. The van der Waals surface area contributed by atoms with Crippen molar-refractivity contribution in [3.05, 3.63) is 63.6 Å². The SMILES string of the molecule is CC(c1ccc(F)cc1)c1ccc(/C=C\C(C)N(O)C(N)=O)s1. The highest BCUT2D eigenvalue weighted by atomic mass is 32.1. The number of halogens is 1. The van der Waals surface area contributed by atoms with Gasteiger partial charge in [-0.1, -0.05) is 25.1 Å². The van der Waals surface area contributed by atoms with Gasteiger partial charge in [0.2, 0.25) is 0 Å². The second-order valence-corrected chi connectivity index (χ2v) is 6.44. The van der Waals surface area contributed by atoms with Crippen molar-refractivity contribution >= 4 is 23.4 Å². The minimum absolute atomic E-state index is 0.167. The molecule has 2 rings (SSSR count). The molecule has 2 aromatic rings. The lowest BCUT2D eigenvalue weighted by Gasteiger charge is -2.16. The average molecular weight is 334 g/mol. The molecule has 0 saturated heterocycles. The molecule has 0 fully saturated rings. The third kappa shape index (κ3) is 4.40. The maximum atomic E-state index is 13.0. The Kier molecular flexibility index (Phi) is 5.52. The average Bonchev–Trinajstić information content (AvgIpc) is 3.00. The summed E-state index contributed by atoms with van der Waals surface area (Å²) in [6, 6.07) is 9.08. The van der Waals surface area contributed by atoms with Crippen molar-refractivity contribution in [1.29, 1.82) is 0 Å². The summed E-state index contributed by atoms with van der Waals surface area (Å²) in [6.07, 6.45) is 3.53. The van der Waals surface area contributed by atoms with Crippen LogP contribution in [0.1, 0.15) is 35.1 Å². The number of nitrogens with two attached hydrogens (primary N) is 1. The number of hydroxylamine groups is 2. The van der Waals surface area contributed by atoms with E-state index < -0.39 is 12.1 Å². The Bertz CT molecular complexity index is 697. The molecule has 4 nitrogen and oxygen atoms in total. The normalized spacial score (nSPS) is 13.9. The van der Waals surface area contributed by atoms with Crippen LogP contribution < -0.4 is 5.73 Å². The molecule has 0 saturated carbocycles. The molecule has 0 aliphatic heterocycles. The summed E-state index contributed by atoms with van der Waals surface area (Å²) in [4.78, 5) is 13.0. The molecule has 122 valence electrons. The Balaban J connectivity index is 2.08. The summed E-state index contributed by atoms with van der Waals surface area (Å²) in [5.74, 6) is -0.0760. The smallest absolute Gasteiger partial charge is 0.339 e. The van der Waals surface area contributed by atoms with Crippen molar-refractivity contribution < 1.29 is 14.4 Å². The number of carbonyl (C=O) groups excluding carboxylic acids is 1. The maximum Gasteiger partial charge on any atom is 0.339 e. The molecule has 6 heteroatoms. The summed E-state index contributed by atoms with van der Waals surface area (Å²) in [6.45, 7) is 3.73. The van der Waals surface area contributed by atoms with Gasteiger partial charge >= 0.3 is 6.03 Å². The van der Waals surface area contributed by atoms with Crippen LogP contribution in [0.5, 0.6) is 0 Å². The van der Waals surface area contributed by atoms with Gasteiger partial charge in [-0.25, -0.2) is 9.18 Å². The van der Waals surface area contributed by atoms with Gasteiger partial charge in [0.1, 0.15) is 5.82 Å². The summed E-state index contributed by atoms with van der Waals surface area (Å²) < 4.78 is 13.0. The van der Waals surface area contributed by atoms with Crippen LogP contribution in [0.15, 0.2) is 42.5 Å². The zero-order valence-corrected chi connectivity index (χ0v) is 13.8. The first-order chi connectivity index (χ1) is 10.9. The number of rotatable bonds is 5. The van der Waals surface area contributed by atoms with Gasteiger partial charge in [0, 0.05) is 15.7 Å². The fourth-order valence-electron chi connectivity index (χ4n) is 2.12. The van der Waals surface area contributed by atoms with E-state index in [1.54, 1.807) is 36.5 Å². The fourth-order valence-corrected chi connectivity index (χ4v) is 3.13. The van der Waals surface area contributed by atoms with Gasteiger partial charge in [0.25, 0.3) is 0 Å². The maximum absolute atomic E-state index is 13.0. The Hall–Kier alpha value is -2.18. The molecular formula is C17H19FN2O2S. The molecule has 23 heavy (non-hydrogen) atoms. The topological polar surface area (TPSA) is 66.6 Å². The number of thiophene rings is 1. The molecule has 2 amide bonds. The van der Waals surface area contributed by atoms with E-state index in [-0.39, 0.29) is 11.7 Å². The minimum atomic E-state index is -0.890. The van der Waals surface area contributed by atoms with E-state index in [1.165, 1.54) is 12.1 Å². The molecule has 2 unspecified atom stereocenters. The Labute approximate surface area is 138 Å². The summed E-state index contributed by atoms with van der Waals surface area (Å²) in [5.41, 5.74) is 6.05. The first-order valence-electron chi connectivity index (χ1n) is 7.19. The highest BCUT2D eigenvalue weighted by Gasteiger charge is 2.13. The molecule has 0 aliphatic rings. The molecule has 1 heterocycles. The van der Waals surface area contributed by atoms with E-state index in [9.17, 15) is 14.4 Å². The minimum Gasteiger partial charge on any atom is -0.350 e. The van der Waals surface area contributed by atoms with Gasteiger partial charge in [-0.3, -0.25) is 5.21 Å². The molecule has 0 aliphatic carbocycles. The van der Waals surface area contributed by atoms with Crippen molar-refractivity contribution in [3.8, 4) is 0 Å². The van der Waals surface area contributed by atoms with Gasteiger partial charge in [-0.2, -0.15) is 5.06 Å². The zero-order chi connectivity index (χ0) is 17.0.